The van der Waals surface area contributed by atoms with E-state index in [0.29, 0.717) is 13.1 Å². The molecule has 1 aromatic rings. The third-order valence-corrected chi connectivity index (χ3v) is 2.90. The topological polar surface area (TPSA) is 53.2 Å². The van der Waals surface area contributed by atoms with Gasteiger partial charge >= 0.3 is 0 Å². The van der Waals surface area contributed by atoms with Crippen LogP contribution in [0.1, 0.15) is 11.6 Å². The van der Waals surface area contributed by atoms with E-state index >= 15 is 0 Å². The predicted molar refractivity (Wildman–Crippen MR) is 67.0 cm³/mol. The molecule has 0 saturated carbocycles. The van der Waals surface area contributed by atoms with E-state index in [-0.39, 0.29) is 17.9 Å². The summed E-state index contributed by atoms with van der Waals surface area (Å²) in [6.07, 6.45) is 1.69. The van der Waals surface area contributed by atoms with Crippen molar-refractivity contribution in [2.24, 2.45) is 5.92 Å². The quantitative estimate of drug-likeness (QED) is 0.670. The van der Waals surface area contributed by atoms with E-state index in [9.17, 15) is 4.79 Å². The summed E-state index contributed by atoms with van der Waals surface area (Å²) in [7, 11) is 0. The summed E-state index contributed by atoms with van der Waals surface area (Å²) >= 11 is 0. The monoisotopic (exact) mass is 231 g/mol. The SMILES string of the molecule is C=CCNC(=O)C1CNNC1c1ccccc1. The van der Waals surface area contributed by atoms with Crippen LogP contribution in [0.25, 0.3) is 0 Å². The van der Waals surface area contributed by atoms with E-state index in [1.807, 2.05) is 30.3 Å². The first kappa shape index (κ1) is 11.8. The van der Waals surface area contributed by atoms with Crippen molar-refractivity contribution in [3.63, 3.8) is 0 Å². The zero-order chi connectivity index (χ0) is 12.1. The second-order valence-electron chi connectivity index (χ2n) is 4.05. The minimum atomic E-state index is -0.0858. The van der Waals surface area contributed by atoms with Crippen molar-refractivity contribution in [2.45, 2.75) is 6.04 Å². The summed E-state index contributed by atoms with van der Waals surface area (Å²) in [5.41, 5.74) is 7.31. The van der Waals surface area contributed by atoms with Gasteiger partial charge < -0.3 is 5.32 Å². The molecule has 1 aliphatic rings. The lowest BCUT2D eigenvalue weighted by Gasteiger charge is -2.17. The van der Waals surface area contributed by atoms with Gasteiger partial charge in [-0.2, -0.15) is 0 Å². The summed E-state index contributed by atoms with van der Waals surface area (Å²) in [4.78, 5) is 11.9. The smallest absolute Gasteiger partial charge is 0.226 e. The third-order valence-electron chi connectivity index (χ3n) is 2.90. The average Bonchev–Trinajstić information content (AvgIpc) is 2.86. The van der Waals surface area contributed by atoms with Crippen LogP contribution in [0.3, 0.4) is 0 Å². The molecule has 1 saturated heterocycles. The number of hydrazine groups is 1. The number of hydrogen-bond acceptors (Lipinski definition) is 3. The van der Waals surface area contributed by atoms with E-state index in [1.165, 1.54) is 0 Å². The maximum atomic E-state index is 11.9. The minimum absolute atomic E-state index is 0.0287. The zero-order valence-corrected chi connectivity index (χ0v) is 9.65. The maximum Gasteiger partial charge on any atom is 0.226 e. The van der Waals surface area contributed by atoms with Crippen LogP contribution < -0.4 is 16.2 Å². The number of hydrogen-bond donors (Lipinski definition) is 3. The Morgan fingerprint density at radius 1 is 1.47 bits per heavy atom. The molecule has 0 aromatic heterocycles. The second kappa shape index (κ2) is 5.61. The Kier molecular flexibility index (Phi) is 3.90. The van der Waals surface area contributed by atoms with Gasteiger partial charge in [-0.1, -0.05) is 36.4 Å². The van der Waals surface area contributed by atoms with E-state index < -0.39 is 0 Å². The molecule has 90 valence electrons. The van der Waals surface area contributed by atoms with Gasteiger partial charge in [-0.05, 0) is 5.56 Å². The first-order valence-electron chi connectivity index (χ1n) is 5.75. The van der Waals surface area contributed by atoms with Crippen LogP contribution in [0.2, 0.25) is 0 Å². The standard InChI is InChI=1S/C13H17N3O/c1-2-8-14-13(17)11-9-15-16-12(11)10-6-4-3-5-7-10/h2-7,11-12,15-16H,1,8-9H2,(H,14,17). The first-order chi connectivity index (χ1) is 8.33. The van der Waals surface area contributed by atoms with Crippen LogP contribution in [0.15, 0.2) is 43.0 Å². The van der Waals surface area contributed by atoms with Gasteiger partial charge in [-0.25, -0.2) is 5.43 Å². The molecule has 1 aliphatic heterocycles. The highest BCUT2D eigenvalue weighted by Crippen LogP contribution is 2.24. The average molecular weight is 231 g/mol. The lowest BCUT2D eigenvalue weighted by atomic mass is 9.94. The lowest BCUT2D eigenvalue weighted by Crippen LogP contribution is -2.35. The normalized spacial score (nSPS) is 23.3. The Morgan fingerprint density at radius 2 is 2.24 bits per heavy atom. The van der Waals surface area contributed by atoms with E-state index in [2.05, 4.69) is 22.7 Å². The molecule has 0 bridgehead atoms. The molecular formula is C13H17N3O. The van der Waals surface area contributed by atoms with Crippen LogP contribution in [-0.2, 0) is 4.79 Å². The highest BCUT2D eigenvalue weighted by molar-refractivity contribution is 5.80. The Morgan fingerprint density at radius 3 is 2.94 bits per heavy atom. The predicted octanol–water partition coefficient (Wildman–Crippen LogP) is 0.754. The highest BCUT2D eigenvalue weighted by Gasteiger charge is 2.33. The number of rotatable bonds is 4. The molecule has 3 N–H and O–H groups in total. The van der Waals surface area contributed by atoms with E-state index in [0.717, 1.165) is 5.56 Å². The largest absolute Gasteiger partial charge is 0.352 e. The summed E-state index contributed by atoms with van der Waals surface area (Å²) in [6.45, 7) is 4.74. The molecule has 1 heterocycles. The summed E-state index contributed by atoms with van der Waals surface area (Å²) in [5.74, 6) is -0.0337. The van der Waals surface area contributed by atoms with Gasteiger partial charge in [0, 0.05) is 13.1 Å². The van der Waals surface area contributed by atoms with E-state index in [4.69, 9.17) is 0 Å². The van der Waals surface area contributed by atoms with Crippen molar-refractivity contribution in [1.29, 1.82) is 0 Å². The van der Waals surface area contributed by atoms with Gasteiger partial charge in [0.1, 0.15) is 0 Å². The molecule has 2 rings (SSSR count). The maximum absolute atomic E-state index is 11.9. The van der Waals surface area contributed by atoms with Gasteiger partial charge in [0.05, 0.1) is 12.0 Å². The van der Waals surface area contributed by atoms with Crippen LogP contribution >= 0.6 is 0 Å². The molecule has 1 fully saturated rings. The molecule has 2 atom stereocenters. The minimum Gasteiger partial charge on any atom is -0.352 e. The Labute approximate surface area is 101 Å². The fourth-order valence-electron chi connectivity index (χ4n) is 2.02. The van der Waals surface area contributed by atoms with E-state index in [1.54, 1.807) is 6.08 Å². The van der Waals surface area contributed by atoms with Crippen molar-refractivity contribution in [3.8, 4) is 0 Å². The van der Waals surface area contributed by atoms with Crippen LogP contribution in [0, 0.1) is 5.92 Å². The van der Waals surface area contributed by atoms with Crippen LogP contribution in [0.5, 0.6) is 0 Å². The van der Waals surface area contributed by atoms with Crippen molar-refractivity contribution in [1.82, 2.24) is 16.2 Å². The Bertz CT molecular complexity index is 391. The molecule has 0 radical (unpaired) electrons. The number of benzene rings is 1. The third kappa shape index (κ3) is 2.72. The molecule has 17 heavy (non-hydrogen) atoms. The Hall–Kier alpha value is -1.65. The molecular weight excluding hydrogens is 214 g/mol. The molecule has 0 spiro atoms. The number of carbonyl (C=O) groups is 1. The Balaban J connectivity index is 2.07. The van der Waals surface area contributed by atoms with Gasteiger partial charge in [-0.15, -0.1) is 6.58 Å². The molecule has 4 nitrogen and oxygen atoms in total. The van der Waals surface area contributed by atoms with Crippen molar-refractivity contribution in [3.05, 3.63) is 48.6 Å². The van der Waals surface area contributed by atoms with Crippen LogP contribution in [0.4, 0.5) is 0 Å². The zero-order valence-electron chi connectivity index (χ0n) is 9.65. The fraction of sp³-hybridized carbons (Fsp3) is 0.308. The molecule has 2 unspecified atom stereocenters. The number of nitrogens with one attached hydrogen (secondary N) is 3. The van der Waals surface area contributed by atoms with Crippen molar-refractivity contribution in [2.75, 3.05) is 13.1 Å². The van der Waals surface area contributed by atoms with Gasteiger partial charge in [0.25, 0.3) is 0 Å². The van der Waals surface area contributed by atoms with Crippen molar-refractivity contribution < 1.29 is 4.79 Å². The van der Waals surface area contributed by atoms with Gasteiger partial charge in [0.2, 0.25) is 5.91 Å². The molecule has 0 aliphatic carbocycles. The van der Waals surface area contributed by atoms with Gasteiger partial charge in [-0.3, -0.25) is 10.2 Å². The fourth-order valence-corrected chi connectivity index (χ4v) is 2.02. The molecule has 4 heteroatoms. The van der Waals surface area contributed by atoms with Crippen molar-refractivity contribution >= 4 is 5.91 Å². The van der Waals surface area contributed by atoms with Crippen LogP contribution in [-0.4, -0.2) is 19.0 Å². The van der Waals surface area contributed by atoms with Gasteiger partial charge in [0.15, 0.2) is 0 Å². The first-order valence-corrected chi connectivity index (χ1v) is 5.75. The second-order valence-corrected chi connectivity index (χ2v) is 4.05. The lowest BCUT2D eigenvalue weighted by molar-refractivity contribution is -0.124. The number of carbonyl (C=O) groups excluding carboxylic acids is 1. The molecule has 1 amide bonds. The highest BCUT2D eigenvalue weighted by atomic mass is 16.2. The summed E-state index contributed by atoms with van der Waals surface area (Å²) < 4.78 is 0. The summed E-state index contributed by atoms with van der Waals surface area (Å²) in [5, 5.41) is 2.84. The molecule has 1 aromatic carbocycles. The summed E-state index contributed by atoms with van der Waals surface area (Å²) in [6, 6.07) is 10.0. The number of amides is 1.